The molecule has 1 aliphatic rings. The maximum absolute atomic E-state index is 12.4. The summed E-state index contributed by atoms with van der Waals surface area (Å²) in [5.41, 5.74) is 2.83. The van der Waals surface area contributed by atoms with Crippen LogP contribution < -0.4 is 15.0 Å². The smallest absolute Gasteiger partial charge is 0.230 e. The Hall–Kier alpha value is -2.54. The molecule has 25 heavy (non-hydrogen) atoms. The molecule has 0 spiro atoms. The van der Waals surface area contributed by atoms with Crippen molar-refractivity contribution in [3.63, 3.8) is 0 Å². The zero-order valence-electron chi connectivity index (χ0n) is 13.7. The third kappa shape index (κ3) is 3.19. The van der Waals surface area contributed by atoms with Crippen LogP contribution in [0.3, 0.4) is 0 Å². The summed E-state index contributed by atoms with van der Waals surface area (Å²) < 4.78 is 6.60. The molecule has 6 nitrogen and oxygen atoms in total. The van der Waals surface area contributed by atoms with Crippen LogP contribution in [-0.4, -0.2) is 36.3 Å². The van der Waals surface area contributed by atoms with Crippen LogP contribution in [0.15, 0.2) is 40.9 Å². The van der Waals surface area contributed by atoms with Gasteiger partial charge in [0.25, 0.3) is 0 Å². The number of halogens is 1. The largest absolute Gasteiger partial charge is 0.490 e. The molecule has 0 unspecified atom stereocenters. The number of ether oxygens (including phenoxy) is 1. The average molecular weight is 401 g/mol. The monoisotopic (exact) mass is 400 g/mol. The molecule has 0 radical (unpaired) electrons. The number of aromatic nitrogens is 2. The first-order chi connectivity index (χ1) is 12.1. The molecule has 128 valence electrons. The van der Waals surface area contributed by atoms with Crippen molar-refractivity contribution in [1.29, 1.82) is 0 Å². The number of nitrogens with one attached hydrogen (secondary N) is 2. The molecular formula is C18H17BrN4O2. The normalized spacial score (nSPS) is 13.4. The lowest BCUT2D eigenvalue weighted by Crippen LogP contribution is -2.29. The fourth-order valence-electron chi connectivity index (χ4n) is 2.96. The minimum absolute atomic E-state index is 0.101. The Morgan fingerprint density at radius 1 is 1.36 bits per heavy atom. The van der Waals surface area contributed by atoms with E-state index in [1.54, 1.807) is 0 Å². The minimum atomic E-state index is -0.101. The van der Waals surface area contributed by atoms with Crippen molar-refractivity contribution in [3.8, 4) is 5.75 Å². The highest BCUT2D eigenvalue weighted by atomic mass is 79.9. The van der Waals surface area contributed by atoms with Gasteiger partial charge in [-0.3, -0.25) is 9.89 Å². The summed E-state index contributed by atoms with van der Waals surface area (Å²) >= 11 is 3.42. The molecule has 2 aromatic carbocycles. The lowest BCUT2D eigenvalue weighted by Gasteiger charge is -2.28. The number of aromatic amines is 1. The Kier molecular flexibility index (Phi) is 4.09. The van der Waals surface area contributed by atoms with Crippen molar-refractivity contribution in [2.45, 2.75) is 6.42 Å². The molecule has 2 heterocycles. The summed E-state index contributed by atoms with van der Waals surface area (Å²) in [6.45, 7) is 1.53. The van der Waals surface area contributed by atoms with E-state index in [4.69, 9.17) is 4.74 Å². The van der Waals surface area contributed by atoms with Gasteiger partial charge in [-0.1, -0.05) is 22.0 Å². The molecule has 4 rings (SSSR count). The number of anilines is 2. The van der Waals surface area contributed by atoms with Crippen molar-refractivity contribution in [2.75, 3.05) is 30.4 Å². The second-order valence-electron chi connectivity index (χ2n) is 6.06. The zero-order valence-corrected chi connectivity index (χ0v) is 15.3. The van der Waals surface area contributed by atoms with E-state index in [9.17, 15) is 4.79 Å². The summed E-state index contributed by atoms with van der Waals surface area (Å²) in [7, 11) is 2.03. The van der Waals surface area contributed by atoms with Gasteiger partial charge in [-0.25, -0.2) is 0 Å². The van der Waals surface area contributed by atoms with Crippen LogP contribution in [0.4, 0.5) is 11.5 Å². The number of fused-ring (bicyclic) bond motifs is 2. The molecule has 1 amide bonds. The number of rotatable bonds is 3. The van der Waals surface area contributed by atoms with E-state index in [0.29, 0.717) is 12.4 Å². The number of H-pyrrole nitrogens is 1. The lowest BCUT2D eigenvalue weighted by molar-refractivity contribution is -0.115. The maximum Gasteiger partial charge on any atom is 0.230 e. The Morgan fingerprint density at radius 2 is 2.24 bits per heavy atom. The highest BCUT2D eigenvalue weighted by Gasteiger charge is 2.16. The molecule has 1 aliphatic heterocycles. The molecule has 1 aromatic heterocycles. The van der Waals surface area contributed by atoms with Crippen LogP contribution >= 0.6 is 15.9 Å². The topological polar surface area (TPSA) is 70.2 Å². The summed E-state index contributed by atoms with van der Waals surface area (Å²) in [6.07, 6.45) is 0.284. The molecule has 3 aromatic rings. The summed E-state index contributed by atoms with van der Waals surface area (Å²) in [5, 5.41) is 10.9. The molecule has 0 bridgehead atoms. The van der Waals surface area contributed by atoms with Crippen molar-refractivity contribution in [1.82, 2.24) is 10.2 Å². The van der Waals surface area contributed by atoms with Crippen LogP contribution in [0.25, 0.3) is 10.9 Å². The van der Waals surface area contributed by atoms with Crippen LogP contribution in [0.5, 0.6) is 5.75 Å². The first kappa shape index (κ1) is 16.0. The highest BCUT2D eigenvalue weighted by molar-refractivity contribution is 9.10. The Labute approximate surface area is 153 Å². The zero-order chi connectivity index (χ0) is 17.4. The van der Waals surface area contributed by atoms with Gasteiger partial charge in [0.2, 0.25) is 5.91 Å². The second-order valence-corrected chi connectivity index (χ2v) is 6.97. The molecule has 0 atom stereocenters. The third-order valence-corrected chi connectivity index (χ3v) is 4.76. The lowest BCUT2D eigenvalue weighted by atomic mass is 10.1. The van der Waals surface area contributed by atoms with Crippen LogP contribution in [0.1, 0.15) is 5.56 Å². The van der Waals surface area contributed by atoms with Gasteiger partial charge in [-0.05, 0) is 35.9 Å². The number of benzene rings is 2. The molecule has 0 saturated carbocycles. The number of amides is 1. The quantitative estimate of drug-likeness (QED) is 0.707. The predicted molar refractivity (Wildman–Crippen MR) is 101 cm³/mol. The van der Waals surface area contributed by atoms with E-state index >= 15 is 0 Å². The molecule has 7 heteroatoms. The van der Waals surface area contributed by atoms with Crippen LogP contribution in [0.2, 0.25) is 0 Å². The number of carbonyl (C=O) groups excluding carboxylic acids is 1. The predicted octanol–water partition coefficient (Wildman–Crippen LogP) is 3.34. The summed E-state index contributed by atoms with van der Waals surface area (Å²) in [6, 6.07) is 11.6. The SMILES string of the molecule is CN1CCOc2ccc(CC(=O)Nc3n[nH]c4cc(Br)ccc34)cc21. The van der Waals surface area contributed by atoms with Gasteiger partial charge in [0.1, 0.15) is 12.4 Å². The van der Waals surface area contributed by atoms with Crippen molar-refractivity contribution < 1.29 is 9.53 Å². The molecule has 0 saturated heterocycles. The third-order valence-electron chi connectivity index (χ3n) is 4.27. The van der Waals surface area contributed by atoms with E-state index in [0.717, 1.165) is 38.9 Å². The minimum Gasteiger partial charge on any atom is -0.490 e. The number of likely N-dealkylation sites (N-methyl/N-ethyl adjacent to an activating group) is 1. The number of carbonyl (C=O) groups is 1. The van der Waals surface area contributed by atoms with Crippen LogP contribution in [-0.2, 0) is 11.2 Å². The highest BCUT2D eigenvalue weighted by Crippen LogP contribution is 2.31. The molecule has 2 N–H and O–H groups in total. The van der Waals surface area contributed by atoms with Crippen LogP contribution in [0, 0.1) is 0 Å². The number of hydrogen-bond donors (Lipinski definition) is 2. The van der Waals surface area contributed by atoms with E-state index in [-0.39, 0.29) is 12.3 Å². The standard InChI is InChI=1S/C18H17BrN4O2/c1-23-6-7-25-16-5-2-11(8-15(16)23)9-17(24)20-18-13-4-3-12(19)10-14(13)21-22-18/h2-5,8,10H,6-7,9H2,1H3,(H2,20,21,22,24). The fraction of sp³-hybridized carbons (Fsp3) is 0.222. The van der Waals surface area contributed by atoms with E-state index in [1.807, 2.05) is 43.4 Å². The van der Waals surface area contributed by atoms with Gasteiger partial charge in [-0.15, -0.1) is 0 Å². The molecule has 0 fully saturated rings. The van der Waals surface area contributed by atoms with E-state index < -0.39 is 0 Å². The Bertz CT molecular complexity index is 953. The second kappa shape index (κ2) is 6.40. The van der Waals surface area contributed by atoms with E-state index in [2.05, 4.69) is 36.3 Å². The van der Waals surface area contributed by atoms with Crippen molar-refractivity contribution >= 4 is 44.2 Å². The van der Waals surface area contributed by atoms with Gasteiger partial charge in [0.05, 0.1) is 24.2 Å². The summed E-state index contributed by atoms with van der Waals surface area (Å²) in [5.74, 6) is 1.31. The van der Waals surface area contributed by atoms with Gasteiger partial charge in [-0.2, -0.15) is 5.10 Å². The van der Waals surface area contributed by atoms with Crippen molar-refractivity contribution in [3.05, 3.63) is 46.4 Å². The average Bonchev–Trinajstić information content (AvgIpc) is 2.97. The first-order valence-corrected chi connectivity index (χ1v) is 8.80. The molecular weight excluding hydrogens is 384 g/mol. The van der Waals surface area contributed by atoms with E-state index in [1.165, 1.54) is 0 Å². The number of nitrogens with zero attached hydrogens (tertiary/aromatic N) is 2. The Balaban J connectivity index is 1.51. The Morgan fingerprint density at radius 3 is 3.12 bits per heavy atom. The van der Waals surface area contributed by atoms with Gasteiger partial charge in [0, 0.05) is 16.9 Å². The number of hydrogen-bond acceptors (Lipinski definition) is 4. The fourth-order valence-corrected chi connectivity index (χ4v) is 3.32. The maximum atomic E-state index is 12.4. The van der Waals surface area contributed by atoms with Gasteiger partial charge < -0.3 is 15.0 Å². The molecule has 0 aliphatic carbocycles. The summed E-state index contributed by atoms with van der Waals surface area (Å²) in [4.78, 5) is 14.6. The van der Waals surface area contributed by atoms with Gasteiger partial charge in [0.15, 0.2) is 5.82 Å². The van der Waals surface area contributed by atoms with Gasteiger partial charge >= 0.3 is 0 Å². The van der Waals surface area contributed by atoms with Crippen molar-refractivity contribution in [2.24, 2.45) is 0 Å². The first-order valence-electron chi connectivity index (χ1n) is 8.00.